The summed E-state index contributed by atoms with van der Waals surface area (Å²) in [6.45, 7) is 3.77. The Balaban J connectivity index is 1.63. The van der Waals surface area contributed by atoms with Crippen molar-refractivity contribution in [2.75, 3.05) is 10.2 Å². The number of aryl methyl sites for hydroxylation is 1. The number of carbonyl (C=O) groups excluding carboxylic acids is 1. The number of pyridine rings is 1. The molecule has 1 amide bonds. The second-order valence-electron chi connectivity index (χ2n) is 8.65. The minimum atomic E-state index is -0.309. The number of anilines is 2. The minimum Gasteiger partial charge on any atom is -0.351 e. The third-order valence-electron chi connectivity index (χ3n) is 6.38. The fourth-order valence-corrected chi connectivity index (χ4v) is 4.96. The molecule has 4 aromatic rings. The van der Waals surface area contributed by atoms with Crippen LogP contribution in [-0.2, 0) is 4.79 Å². The van der Waals surface area contributed by atoms with E-state index in [0.29, 0.717) is 17.2 Å². The SMILES string of the molecule is CCC(=O)Nc1ccc(N2C(=S)N[C@@H](c3ccccn3)[C@H]2c2cccn2-c2ccccc2F)cc1C. The molecule has 3 heterocycles. The number of benzene rings is 2. The Morgan fingerprint density at radius 3 is 2.64 bits per heavy atom. The fraction of sp³-hybridized carbons (Fsp3) is 0.179. The lowest BCUT2D eigenvalue weighted by Gasteiger charge is -2.29. The van der Waals surface area contributed by atoms with Crippen LogP contribution >= 0.6 is 12.2 Å². The number of rotatable bonds is 6. The third-order valence-corrected chi connectivity index (χ3v) is 6.69. The van der Waals surface area contributed by atoms with E-state index in [9.17, 15) is 9.18 Å². The first kappa shape index (κ1) is 23.7. The fourth-order valence-electron chi connectivity index (χ4n) is 4.61. The summed E-state index contributed by atoms with van der Waals surface area (Å²) in [7, 11) is 0. The molecule has 2 atom stereocenters. The molecular formula is C28H26FN5OS. The molecule has 8 heteroatoms. The summed E-state index contributed by atoms with van der Waals surface area (Å²) in [5.41, 5.74) is 4.70. The smallest absolute Gasteiger partial charge is 0.224 e. The van der Waals surface area contributed by atoms with Gasteiger partial charge in [-0.25, -0.2) is 4.39 Å². The van der Waals surface area contributed by atoms with Crippen molar-refractivity contribution in [2.45, 2.75) is 32.4 Å². The second kappa shape index (κ2) is 9.91. The van der Waals surface area contributed by atoms with Gasteiger partial charge in [0.05, 0.1) is 17.4 Å². The maximum atomic E-state index is 14.8. The number of hydrogen-bond acceptors (Lipinski definition) is 3. The zero-order chi connectivity index (χ0) is 25.2. The topological polar surface area (TPSA) is 62.2 Å². The Bertz CT molecular complexity index is 1420. The van der Waals surface area contributed by atoms with Gasteiger partial charge in [-0.3, -0.25) is 9.78 Å². The van der Waals surface area contributed by atoms with Crippen LogP contribution in [0.1, 0.15) is 42.4 Å². The lowest BCUT2D eigenvalue weighted by Crippen LogP contribution is -2.30. The van der Waals surface area contributed by atoms with Crippen LogP contribution in [0, 0.1) is 12.7 Å². The molecule has 0 saturated carbocycles. The lowest BCUT2D eigenvalue weighted by molar-refractivity contribution is -0.115. The van der Waals surface area contributed by atoms with Gasteiger partial charge in [-0.15, -0.1) is 0 Å². The summed E-state index contributed by atoms with van der Waals surface area (Å²) < 4.78 is 16.7. The molecule has 0 unspecified atom stereocenters. The van der Waals surface area contributed by atoms with Gasteiger partial charge in [0.1, 0.15) is 11.9 Å². The molecule has 1 aliphatic heterocycles. The third kappa shape index (κ3) is 4.35. The van der Waals surface area contributed by atoms with Crippen LogP contribution in [0.4, 0.5) is 15.8 Å². The Kier molecular flexibility index (Phi) is 6.52. The molecule has 6 nitrogen and oxygen atoms in total. The number of hydrogen-bond donors (Lipinski definition) is 2. The van der Waals surface area contributed by atoms with Crippen molar-refractivity contribution in [1.29, 1.82) is 0 Å². The number of carbonyl (C=O) groups is 1. The highest BCUT2D eigenvalue weighted by Crippen LogP contribution is 2.43. The monoisotopic (exact) mass is 499 g/mol. The normalized spacial score (nSPS) is 17.2. The van der Waals surface area contributed by atoms with E-state index in [1.165, 1.54) is 6.07 Å². The summed E-state index contributed by atoms with van der Waals surface area (Å²) in [4.78, 5) is 18.6. The molecular weight excluding hydrogens is 473 g/mol. The maximum Gasteiger partial charge on any atom is 0.224 e. The predicted molar refractivity (Wildman–Crippen MR) is 144 cm³/mol. The van der Waals surface area contributed by atoms with E-state index < -0.39 is 0 Å². The molecule has 1 aliphatic rings. The number of nitrogens with zero attached hydrogens (tertiary/aromatic N) is 3. The number of aromatic nitrogens is 2. The van der Waals surface area contributed by atoms with Gasteiger partial charge in [0.25, 0.3) is 0 Å². The Morgan fingerprint density at radius 2 is 1.92 bits per heavy atom. The summed E-state index contributed by atoms with van der Waals surface area (Å²) in [5.74, 6) is -0.351. The van der Waals surface area contributed by atoms with Gasteiger partial charge in [-0.2, -0.15) is 0 Å². The summed E-state index contributed by atoms with van der Waals surface area (Å²) in [6, 6.07) is 21.6. The Labute approximate surface area is 214 Å². The van der Waals surface area contributed by atoms with Gasteiger partial charge in [-0.1, -0.05) is 25.1 Å². The molecule has 2 aromatic heterocycles. The molecule has 2 aromatic carbocycles. The summed E-state index contributed by atoms with van der Waals surface area (Å²) in [5, 5.41) is 6.92. The zero-order valence-corrected chi connectivity index (χ0v) is 20.8. The van der Waals surface area contributed by atoms with Crippen LogP contribution in [0.2, 0.25) is 0 Å². The van der Waals surface area contributed by atoms with Crippen molar-refractivity contribution in [2.24, 2.45) is 0 Å². The number of halogens is 1. The molecule has 182 valence electrons. The molecule has 1 saturated heterocycles. The van der Waals surface area contributed by atoms with E-state index in [0.717, 1.165) is 28.3 Å². The Morgan fingerprint density at radius 1 is 1.11 bits per heavy atom. The predicted octanol–water partition coefficient (Wildman–Crippen LogP) is 5.85. The Hall–Kier alpha value is -4.04. The van der Waals surface area contributed by atoms with E-state index >= 15 is 0 Å². The van der Waals surface area contributed by atoms with Gasteiger partial charge in [-0.05, 0) is 79.3 Å². The van der Waals surface area contributed by atoms with Crippen LogP contribution in [0.15, 0.2) is 85.2 Å². The standard InChI is InChI=1S/C28H26FN5OS/c1-3-25(35)31-21-14-13-19(17-18(21)2)34-27(26(32-28(34)36)22-10-6-7-15-30-22)24-12-8-16-33(24)23-11-5-4-9-20(23)29/h4-17,26-27H,3H2,1-2H3,(H,31,35)(H,32,36)/t26-,27+/m0/s1. The second-order valence-corrected chi connectivity index (χ2v) is 9.04. The van der Waals surface area contributed by atoms with Crippen LogP contribution in [0.25, 0.3) is 5.69 Å². The molecule has 0 bridgehead atoms. The van der Waals surface area contributed by atoms with Crippen LogP contribution in [-0.4, -0.2) is 20.6 Å². The first-order chi connectivity index (χ1) is 17.5. The molecule has 1 fully saturated rings. The molecule has 0 radical (unpaired) electrons. The van der Waals surface area contributed by atoms with Gasteiger partial charge < -0.3 is 20.1 Å². The maximum absolute atomic E-state index is 14.8. The minimum absolute atomic E-state index is 0.0417. The average molecular weight is 500 g/mol. The molecule has 0 spiro atoms. The van der Waals surface area contributed by atoms with Crippen molar-refractivity contribution in [3.8, 4) is 5.69 Å². The highest BCUT2D eigenvalue weighted by atomic mass is 32.1. The number of amides is 1. The summed E-state index contributed by atoms with van der Waals surface area (Å²) in [6.07, 6.45) is 4.02. The van der Waals surface area contributed by atoms with Gasteiger partial charge in [0, 0.05) is 35.9 Å². The molecule has 0 aliphatic carbocycles. The van der Waals surface area contributed by atoms with Crippen molar-refractivity contribution < 1.29 is 9.18 Å². The van der Waals surface area contributed by atoms with Gasteiger partial charge >= 0.3 is 0 Å². The zero-order valence-electron chi connectivity index (χ0n) is 20.0. The van der Waals surface area contributed by atoms with Crippen LogP contribution in [0.5, 0.6) is 0 Å². The van der Waals surface area contributed by atoms with E-state index in [4.69, 9.17) is 12.2 Å². The van der Waals surface area contributed by atoms with E-state index in [1.54, 1.807) is 18.3 Å². The lowest BCUT2D eigenvalue weighted by atomic mass is 10.00. The van der Waals surface area contributed by atoms with Gasteiger partial charge in [0.2, 0.25) is 5.91 Å². The van der Waals surface area contributed by atoms with E-state index in [1.807, 2.05) is 84.1 Å². The van der Waals surface area contributed by atoms with E-state index in [-0.39, 0.29) is 23.8 Å². The summed E-state index contributed by atoms with van der Waals surface area (Å²) >= 11 is 5.84. The highest BCUT2D eigenvalue weighted by Gasteiger charge is 2.42. The number of thiocarbonyl (C=S) groups is 1. The van der Waals surface area contributed by atoms with Crippen molar-refractivity contribution >= 4 is 34.6 Å². The highest BCUT2D eigenvalue weighted by molar-refractivity contribution is 7.80. The quantitative estimate of drug-likeness (QED) is 0.326. The molecule has 2 N–H and O–H groups in total. The molecule has 5 rings (SSSR count). The first-order valence-corrected chi connectivity index (χ1v) is 12.2. The number of para-hydroxylation sites is 1. The number of nitrogens with one attached hydrogen (secondary N) is 2. The average Bonchev–Trinajstić information content (AvgIpc) is 3.50. The van der Waals surface area contributed by atoms with Crippen molar-refractivity contribution in [3.63, 3.8) is 0 Å². The largest absolute Gasteiger partial charge is 0.351 e. The molecule has 36 heavy (non-hydrogen) atoms. The van der Waals surface area contributed by atoms with Crippen molar-refractivity contribution in [1.82, 2.24) is 14.9 Å². The van der Waals surface area contributed by atoms with Crippen LogP contribution in [0.3, 0.4) is 0 Å². The van der Waals surface area contributed by atoms with Gasteiger partial charge in [0.15, 0.2) is 5.11 Å². The van der Waals surface area contributed by atoms with Crippen LogP contribution < -0.4 is 15.5 Å². The van der Waals surface area contributed by atoms with E-state index in [2.05, 4.69) is 15.6 Å². The van der Waals surface area contributed by atoms with Crippen molar-refractivity contribution in [3.05, 3.63) is 108 Å². The first-order valence-electron chi connectivity index (χ1n) is 11.8.